The number of nitrogens with one attached hydrogen (secondary N) is 1. The van der Waals surface area contributed by atoms with E-state index in [0.29, 0.717) is 42.3 Å². The molecular weight excluding hydrogens is 522 g/mol. The Kier molecular flexibility index (Phi) is 6.78. The minimum Gasteiger partial charge on any atom is -0.467 e. The Hall–Kier alpha value is -4.93. The fourth-order valence-electron chi connectivity index (χ4n) is 5.20. The van der Waals surface area contributed by atoms with Gasteiger partial charge in [0.15, 0.2) is 0 Å². The number of aryl methyl sites for hydroxylation is 1. The molecule has 0 radical (unpaired) electrons. The average molecular weight is 554 g/mol. The lowest BCUT2D eigenvalue weighted by Crippen LogP contribution is -2.33. The average Bonchev–Trinajstić information content (AvgIpc) is 3.66. The first-order chi connectivity index (χ1) is 19.9. The highest BCUT2D eigenvalue weighted by Crippen LogP contribution is 2.34. The van der Waals surface area contributed by atoms with Gasteiger partial charge in [-0.15, -0.1) is 5.10 Å². The second kappa shape index (κ2) is 10.6. The Bertz CT molecular complexity index is 1690. The molecule has 41 heavy (non-hydrogen) atoms. The Morgan fingerprint density at radius 2 is 1.78 bits per heavy atom. The largest absolute Gasteiger partial charge is 0.467 e. The highest BCUT2D eigenvalue weighted by Gasteiger charge is 2.33. The van der Waals surface area contributed by atoms with E-state index in [1.54, 1.807) is 35.2 Å². The van der Waals surface area contributed by atoms with Crippen LogP contribution in [0.4, 0.5) is 16.3 Å². The maximum absolute atomic E-state index is 13.6. The van der Waals surface area contributed by atoms with Gasteiger partial charge in [0.2, 0.25) is 0 Å². The molecule has 2 aliphatic rings. The predicted molar refractivity (Wildman–Crippen MR) is 155 cm³/mol. The lowest BCUT2D eigenvalue weighted by molar-refractivity contribution is 0.0951. The number of carbonyl (C=O) groups excluding carboxylic acids is 2. The summed E-state index contributed by atoms with van der Waals surface area (Å²) in [5.41, 5.74) is 4.40. The Labute approximate surface area is 237 Å². The molecular formula is C30H31N7O4. The molecule has 1 saturated carbocycles. The summed E-state index contributed by atoms with van der Waals surface area (Å²) in [5.74, 6) is 0.507. The van der Waals surface area contributed by atoms with E-state index >= 15 is 0 Å². The molecule has 210 valence electrons. The zero-order chi connectivity index (χ0) is 28.7. The quantitative estimate of drug-likeness (QED) is 0.357. The number of urea groups is 1. The van der Waals surface area contributed by atoms with E-state index in [4.69, 9.17) is 4.74 Å². The van der Waals surface area contributed by atoms with Gasteiger partial charge in [-0.05, 0) is 66.8 Å². The first-order valence-corrected chi connectivity index (χ1v) is 13.7. The first kappa shape index (κ1) is 26.3. The van der Waals surface area contributed by atoms with E-state index in [9.17, 15) is 14.4 Å². The molecule has 2 aromatic carbocycles. The highest BCUT2D eigenvalue weighted by molar-refractivity contribution is 6.07. The fourth-order valence-corrected chi connectivity index (χ4v) is 5.20. The van der Waals surface area contributed by atoms with Gasteiger partial charge in [0.05, 0.1) is 12.8 Å². The van der Waals surface area contributed by atoms with E-state index < -0.39 is 0 Å². The maximum atomic E-state index is 13.6. The molecule has 2 fully saturated rings. The van der Waals surface area contributed by atoms with Crippen molar-refractivity contribution in [3.63, 3.8) is 0 Å². The zero-order valence-electron chi connectivity index (χ0n) is 23.2. The van der Waals surface area contributed by atoms with Crippen LogP contribution in [-0.4, -0.2) is 57.5 Å². The summed E-state index contributed by atoms with van der Waals surface area (Å²) in [6.07, 6.45) is 4.41. The van der Waals surface area contributed by atoms with Crippen molar-refractivity contribution in [2.45, 2.75) is 32.2 Å². The summed E-state index contributed by atoms with van der Waals surface area (Å²) in [7, 11) is 3.05. The molecule has 0 bridgehead atoms. The topological polar surface area (TPSA) is 115 Å². The molecule has 1 saturated heterocycles. The van der Waals surface area contributed by atoms with Gasteiger partial charge >= 0.3 is 17.7 Å². The van der Waals surface area contributed by atoms with Crippen LogP contribution < -0.4 is 25.5 Å². The van der Waals surface area contributed by atoms with Gasteiger partial charge in [0.25, 0.3) is 5.91 Å². The van der Waals surface area contributed by atoms with Gasteiger partial charge in [-0.1, -0.05) is 25.1 Å². The molecule has 0 atom stereocenters. The minimum atomic E-state index is -0.304. The Morgan fingerprint density at radius 3 is 2.49 bits per heavy atom. The number of benzene rings is 2. The molecule has 1 N–H and O–H groups in total. The van der Waals surface area contributed by atoms with Gasteiger partial charge in [-0.25, -0.2) is 23.8 Å². The third-order valence-electron chi connectivity index (χ3n) is 7.50. The van der Waals surface area contributed by atoms with E-state index in [1.165, 1.54) is 16.4 Å². The highest BCUT2D eigenvalue weighted by atomic mass is 16.5. The molecule has 6 rings (SSSR count). The third-order valence-corrected chi connectivity index (χ3v) is 7.50. The second-order valence-corrected chi connectivity index (χ2v) is 10.2. The normalized spacial score (nSPS) is 15.0. The summed E-state index contributed by atoms with van der Waals surface area (Å²) >= 11 is 0. The van der Waals surface area contributed by atoms with Crippen molar-refractivity contribution in [2.75, 3.05) is 30.0 Å². The van der Waals surface area contributed by atoms with E-state index in [0.717, 1.165) is 29.5 Å². The van der Waals surface area contributed by atoms with Crippen molar-refractivity contribution >= 4 is 23.4 Å². The number of nitrogens with zero attached hydrogens (tertiary/aromatic N) is 6. The zero-order valence-corrected chi connectivity index (χ0v) is 23.2. The first-order valence-electron chi connectivity index (χ1n) is 13.7. The lowest BCUT2D eigenvalue weighted by Gasteiger charge is -2.22. The van der Waals surface area contributed by atoms with Crippen LogP contribution in [0.2, 0.25) is 0 Å². The molecule has 1 aliphatic carbocycles. The molecule has 3 heterocycles. The number of pyridine rings is 1. The van der Waals surface area contributed by atoms with E-state index in [-0.39, 0.29) is 29.7 Å². The summed E-state index contributed by atoms with van der Waals surface area (Å²) in [6, 6.07) is 17.0. The summed E-state index contributed by atoms with van der Waals surface area (Å²) in [5, 5.41) is 7.11. The molecule has 0 spiro atoms. The van der Waals surface area contributed by atoms with Gasteiger partial charge < -0.3 is 10.1 Å². The third kappa shape index (κ3) is 4.83. The van der Waals surface area contributed by atoms with Crippen molar-refractivity contribution in [3.8, 4) is 22.8 Å². The van der Waals surface area contributed by atoms with Crippen LogP contribution in [-0.2, 0) is 13.5 Å². The van der Waals surface area contributed by atoms with Crippen LogP contribution in [0, 0.1) is 0 Å². The standard InChI is InChI=1S/C30H31N7O4/c1-4-24-25(19-8-12-22(13-9-19)37-28(41-3)33-34(2)29(37)39)14-15-31-26(24)36-17-16-35(30(36)40)23-7-5-6-20(18-23)27(38)32-21-10-11-21/h5-9,12-15,18,21H,4,10-11,16-17H2,1-3H3,(H,32,38). The Morgan fingerprint density at radius 1 is 1.02 bits per heavy atom. The van der Waals surface area contributed by atoms with Crippen LogP contribution in [0.1, 0.15) is 35.7 Å². The number of carbonyl (C=O) groups is 2. The summed E-state index contributed by atoms with van der Waals surface area (Å²) in [4.78, 5) is 46.8. The smallest absolute Gasteiger partial charge is 0.353 e. The number of rotatable bonds is 8. The van der Waals surface area contributed by atoms with Crippen LogP contribution >= 0.6 is 0 Å². The van der Waals surface area contributed by atoms with Crippen molar-refractivity contribution in [1.29, 1.82) is 0 Å². The van der Waals surface area contributed by atoms with Crippen LogP contribution in [0.5, 0.6) is 6.01 Å². The van der Waals surface area contributed by atoms with Gasteiger partial charge in [0, 0.05) is 49.2 Å². The van der Waals surface area contributed by atoms with E-state index in [2.05, 4.69) is 15.4 Å². The molecule has 3 amide bonds. The van der Waals surface area contributed by atoms with Gasteiger partial charge in [0.1, 0.15) is 5.82 Å². The SMILES string of the molecule is CCc1c(-c2ccc(-n3c(OC)nn(C)c3=O)cc2)ccnc1N1CCN(c2cccc(C(=O)NC3CC3)c2)C1=O. The fraction of sp³-hybridized carbons (Fsp3) is 0.300. The Balaban J connectivity index is 1.27. The minimum absolute atomic E-state index is 0.113. The number of amides is 3. The van der Waals surface area contributed by atoms with Crippen LogP contribution in [0.25, 0.3) is 16.8 Å². The predicted octanol–water partition coefficient (Wildman–Crippen LogP) is 3.54. The molecule has 4 aromatic rings. The lowest BCUT2D eigenvalue weighted by atomic mass is 9.98. The number of hydrogen-bond acceptors (Lipinski definition) is 6. The number of methoxy groups -OCH3 is 1. The van der Waals surface area contributed by atoms with Gasteiger partial charge in [-0.3, -0.25) is 14.6 Å². The number of ether oxygens (including phenoxy) is 1. The van der Waals surface area contributed by atoms with Crippen molar-refractivity contribution in [2.24, 2.45) is 7.05 Å². The molecule has 11 heteroatoms. The van der Waals surface area contributed by atoms with E-state index in [1.807, 2.05) is 49.4 Å². The van der Waals surface area contributed by atoms with Crippen molar-refractivity contribution in [1.82, 2.24) is 24.6 Å². The maximum Gasteiger partial charge on any atom is 0.353 e. The number of hydrogen-bond donors (Lipinski definition) is 1. The second-order valence-electron chi connectivity index (χ2n) is 10.2. The molecule has 1 aliphatic heterocycles. The van der Waals surface area contributed by atoms with Gasteiger partial charge in [-0.2, -0.15) is 0 Å². The molecule has 0 unspecified atom stereocenters. The van der Waals surface area contributed by atoms with Crippen molar-refractivity contribution in [3.05, 3.63) is 82.4 Å². The number of anilines is 2. The van der Waals surface area contributed by atoms with Crippen LogP contribution in [0.3, 0.4) is 0 Å². The monoisotopic (exact) mass is 553 g/mol. The molecule has 2 aromatic heterocycles. The number of aromatic nitrogens is 4. The summed E-state index contributed by atoms with van der Waals surface area (Å²) < 4.78 is 7.91. The van der Waals surface area contributed by atoms with Crippen molar-refractivity contribution < 1.29 is 14.3 Å². The summed E-state index contributed by atoms with van der Waals surface area (Å²) in [6.45, 7) is 3.00. The molecule has 11 nitrogen and oxygen atoms in total. The van der Waals surface area contributed by atoms with Crippen LogP contribution in [0.15, 0.2) is 65.6 Å².